The summed E-state index contributed by atoms with van der Waals surface area (Å²) in [7, 11) is 0. The van der Waals surface area contributed by atoms with Gasteiger partial charge in [0.15, 0.2) is 4.90 Å². The maximum Gasteiger partial charge on any atom is 0.354 e. The molecule has 7 heteroatoms. The van der Waals surface area contributed by atoms with Crippen molar-refractivity contribution >= 4 is 40.3 Å². The predicted molar refractivity (Wildman–Crippen MR) is 100 cm³/mol. The van der Waals surface area contributed by atoms with Crippen molar-refractivity contribution in [1.29, 1.82) is 0 Å². The summed E-state index contributed by atoms with van der Waals surface area (Å²) < 4.78 is 12.0. The van der Waals surface area contributed by atoms with Crippen molar-refractivity contribution < 1.29 is 19.6 Å². The molecule has 0 saturated heterocycles. The van der Waals surface area contributed by atoms with Crippen LogP contribution in [0.2, 0.25) is 10.0 Å². The van der Waals surface area contributed by atoms with Gasteiger partial charge in [0.25, 0.3) is 0 Å². The van der Waals surface area contributed by atoms with Crippen LogP contribution >= 0.6 is 23.2 Å². The highest BCUT2D eigenvalue weighted by atomic mass is 35.5. The van der Waals surface area contributed by atoms with E-state index in [0.717, 1.165) is 11.1 Å². The van der Waals surface area contributed by atoms with Crippen molar-refractivity contribution in [1.82, 2.24) is 0 Å². The highest BCUT2D eigenvalue weighted by molar-refractivity contribution is 7.92. The standard InChI is InChI=1S/C18H18Cl2O4S/c1-10(2)13-5-11(3-4-17(13)21)6-14-15(19)7-12(8-16(14)20)25(24)9-18(22)23/h3-5,7-8,10,21H,6,9H2,1-2H3,(H,22,23). The zero-order chi connectivity index (χ0) is 18.7. The maximum atomic E-state index is 12.0. The fourth-order valence-corrected chi connectivity index (χ4v) is 4.10. The first-order chi connectivity index (χ1) is 11.7. The van der Waals surface area contributed by atoms with Crippen LogP contribution in [-0.4, -0.2) is 26.5 Å². The molecule has 2 N–H and O–H groups in total. The number of hydrogen-bond donors (Lipinski definition) is 2. The van der Waals surface area contributed by atoms with Gasteiger partial charge < -0.3 is 14.8 Å². The zero-order valence-corrected chi connectivity index (χ0v) is 16.1. The number of halogens is 2. The van der Waals surface area contributed by atoms with Crippen LogP contribution in [0.4, 0.5) is 0 Å². The first kappa shape index (κ1) is 19.9. The number of aliphatic carboxylic acids is 1. The monoisotopic (exact) mass is 400 g/mol. The summed E-state index contributed by atoms with van der Waals surface area (Å²) in [6.07, 6.45) is 0.448. The number of rotatable bonds is 6. The third-order valence-electron chi connectivity index (χ3n) is 3.73. The highest BCUT2D eigenvalue weighted by Crippen LogP contribution is 2.33. The van der Waals surface area contributed by atoms with Crippen LogP contribution in [0.3, 0.4) is 0 Å². The smallest absolute Gasteiger partial charge is 0.354 e. The molecular formula is C18H18Cl2O4S. The molecule has 0 spiro atoms. The van der Waals surface area contributed by atoms with E-state index >= 15 is 0 Å². The molecule has 25 heavy (non-hydrogen) atoms. The van der Waals surface area contributed by atoms with Crippen molar-refractivity contribution in [2.45, 2.75) is 31.1 Å². The molecule has 0 fully saturated rings. The summed E-state index contributed by atoms with van der Waals surface area (Å²) in [4.78, 5) is 11.0. The summed E-state index contributed by atoms with van der Waals surface area (Å²) in [6.45, 7) is 3.98. The quantitative estimate of drug-likeness (QED) is 0.693. The van der Waals surface area contributed by atoms with Gasteiger partial charge in [0.2, 0.25) is 5.75 Å². The van der Waals surface area contributed by atoms with E-state index < -0.39 is 22.9 Å². The molecule has 0 radical (unpaired) electrons. The Hall–Kier alpha value is -1.40. The SMILES string of the molecule is CC(C)c1cc(Cc2c(Cl)cc([S+]([O-])CC(=O)O)cc2Cl)ccc1O. The van der Waals surface area contributed by atoms with Crippen LogP contribution in [0.5, 0.6) is 5.75 Å². The second-order valence-corrected chi connectivity index (χ2v) is 8.24. The second kappa shape index (κ2) is 8.32. The number of benzene rings is 2. The van der Waals surface area contributed by atoms with Gasteiger partial charge in [-0.3, -0.25) is 0 Å². The molecule has 0 aliphatic rings. The molecule has 0 bridgehead atoms. The molecule has 0 aliphatic carbocycles. The summed E-state index contributed by atoms with van der Waals surface area (Å²) in [5.41, 5.74) is 2.44. The van der Waals surface area contributed by atoms with Gasteiger partial charge in [0, 0.05) is 18.6 Å². The van der Waals surface area contributed by atoms with Crippen LogP contribution in [0, 0.1) is 0 Å². The minimum atomic E-state index is -1.70. The van der Waals surface area contributed by atoms with Crippen molar-refractivity contribution in [2.24, 2.45) is 0 Å². The molecule has 2 aromatic rings. The van der Waals surface area contributed by atoms with Crippen molar-refractivity contribution in [3.8, 4) is 5.75 Å². The fourth-order valence-electron chi connectivity index (χ4n) is 2.46. The van der Waals surface area contributed by atoms with E-state index in [-0.39, 0.29) is 16.6 Å². The van der Waals surface area contributed by atoms with Crippen molar-refractivity contribution in [2.75, 3.05) is 5.75 Å². The molecule has 0 amide bonds. The molecule has 0 aliphatic heterocycles. The molecule has 1 atom stereocenters. The fraction of sp³-hybridized carbons (Fsp3) is 0.278. The Morgan fingerprint density at radius 3 is 2.32 bits per heavy atom. The molecule has 0 saturated carbocycles. The average Bonchev–Trinajstić information content (AvgIpc) is 2.51. The zero-order valence-electron chi connectivity index (χ0n) is 13.8. The van der Waals surface area contributed by atoms with E-state index in [0.29, 0.717) is 22.0 Å². The lowest BCUT2D eigenvalue weighted by Gasteiger charge is -2.14. The predicted octanol–water partition coefficient (Wildman–Crippen LogP) is 4.61. The summed E-state index contributed by atoms with van der Waals surface area (Å²) >= 11 is 10.9. The van der Waals surface area contributed by atoms with E-state index in [9.17, 15) is 14.5 Å². The van der Waals surface area contributed by atoms with Gasteiger partial charge in [0.1, 0.15) is 5.75 Å². The van der Waals surface area contributed by atoms with Crippen LogP contribution in [-0.2, 0) is 22.4 Å². The lowest BCUT2D eigenvalue weighted by Crippen LogP contribution is -2.15. The van der Waals surface area contributed by atoms with E-state index in [1.807, 2.05) is 19.9 Å². The van der Waals surface area contributed by atoms with Gasteiger partial charge in [-0.25, -0.2) is 4.79 Å². The van der Waals surface area contributed by atoms with Gasteiger partial charge >= 0.3 is 5.97 Å². The number of phenolic OH excluding ortho intramolecular Hbond substituents is 1. The van der Waals surface area contributed by atoms with E-state index in [4.69, 9.17) is 28.3 Å². The van der Waals surface area contributed by atoms with Crippen LogP contribution in [0.15, 0.2) is 35.2 Å². The Morgan fingerprint density at radius 1 is 1.20 bits per heavy atom. The molecule has 134 valence electrons. The van der Waals surface area contributed by atoms with Crippen LogP contribution in [0.25, 0.3) is 0 Å². The molecular weight excluding hydrogens is 383 g/mol. The van der Waals surface area contributed by atoms with E-state index in [2.05, 4.69) is 0 Å². The highest BCUT2D eigenvalue weighted by Gasteiger charge is 2.20. The van der Waals surface area contributed by atoms with Gasteiger partial charge in [0.05, 0.1) is 10.0 Å². The summed E-state index contributed by atoms with van der Waals surface area (Å²) in [5, 5.41) is 19.3. The molecule has 4 nitrogen and oxygen atoms in total. The summed E-state index contributed by atoms with van der Waals surface area (Å²) in [6, 6.07) is 8.33. The first-order valence-electron chi connectivity index (χ1n) is 7.59. The number of carboxylic acid groups (broad SMARTS) is 1. The average molecular weight is 401 g/mol. The number of carbonyl (C=O) groups is 1. The Kier molecular flexibility index (Phi) is 6.63. The normalized spacial score (nSPS) is 12.4. The minimum absolute atomic E-state index is 0.173. The van der Waals surface area contributed by atoms with E-state index in [1.165, 1.54) is 12.1 Å². The number of phenols is 1. The maximum absolute atomic E-state index is 12.0. The second-order valence-electron chi connectivity index (χ2n) is 5.97. The van der Waals surface area contributed by atoms with Gasteiger partial charge in [-0.15, -0.1) is 0 Å². The Morgan fingerprint density at radius 2 is 1.80 bits per heavy atom. The molecule has 2 aromatic carbocycles. The Balaban J connectivity index is 2.32. The number of carboxylic acids is 1. The topological polar surface area (TPSA) is 80.6 Å². The molecule has 0 aromatic heterocycles. The Labute approximate surface area is 159 Å². The molecule has 0 heterocycles. The van der Waals surface area contributed by atoms with Crippen LogP contribution < -0.4 is 0 Å². The molecule has 1 unspecified atom stereocenters. The van der Waals surface area contributed by atoms with Gasteiger partial charge in [-0.1, -0.05) is 49.2 Å². The third kappa shape index (κ3) is 5.05. The largest absolute Gasteiger partial charge is 0.611 e. The van der Waals surface area contributed by atoms with Gasteiger partial charge in [-0.2, -0.15) is 0 Å². The van der Waals surface area contributed by atoms with Crippen molar-refractivity contribution in [3.63, 3.8) is 0 Å². The number of hydrogen-bond acceptors (Lipinski definition) is 3. The van der Waals surface area contributed by atoms with Gasteiger partial charge in [-0.05, 0) is 39.9 Å². The van der Waals surface area contributed by atoms with E-state index in [1.54, 1.807) is 12.1 Å². The lowest BCUT2D eigenvalue weighted by atomic mass is 9.96. The summed E-state index contributed by atoms with van der Waals surface area (Å²) in [5.74, 6) is -1.23. The molecule has 2 rings (SSSR count). The number of aromatic hydroxyl groups is 1. The van der Waals surface area contributed by atoms with Crippen molar-refractivity contribution in [3.05, 3.63) is 57.1 Å². The lowest BCUT2D eigenvalue weighted by molar-refractivity contribution is -0.134. The third-order valence-corrected chi connectivity index (χ3v) is 5.67. The Bertz CT molecular complexity index is 770. The van der Waals surface area contributed by atoms with Crippen LogP contribution in [0.1, 0.15) is 36.5 Å². The minimum Gasteiger partial charge on any atom is -0.611 e. The first-order valence-corrected chi connectivity index (χ1v) is 9.66.